The third-order valence-electron chi connectivity index (χ3n) is 6.26. The molecule has 4 rings (SSSR count). The molecule has 5 nitrogen and oxygen atoms in total. The quantitative estimate of drug-likeness (QED) is 0.584. The minimum absolute atomic E-state index is 0.132. The van der Waals surface area contributed by atoms with Crippen molar-refractivity contribution in [1.82, 2.24) is 4.98 Å². The molecule has 0 aromatic carbocycles. The SMILES string of the molecule is COC1CC(C)=CC=C1c1c([C@H](OC(C)(C)C)C(=O)O)c(C)nc2sc3c(c12)CCCC3. The smallest absolute Gasteiger partial charge is 0.337 e. The molecule has 2 aliphatic carbocycles. The third-order valence-corrected chi connectivity index (χ3v) is 7.45. The highest BCUT2D eigenvalue weighted by Gasteiger charge is 2.36. The number of hydrogen-bond acceptors (Lipinski definition) is 5. The number of methoxy groups -OCH3 is 1. The van der Waals surface area contributed by atoms with E-state index in [1.54, 1.807) is 18.4 Å². The minimum atomic E-state index is -1.11. The van der Waals surface area contributed by atoms with Gasteiger partial charge in [0.2, 0.25) is 0 Å². The zero-order chi connectivity index (χ0) is 23.2. The second-order valence-corrected chi connectivity index (χ2v) is 11.0. The molecule has 0 amide bonds. The van der Waals surface area contributed by atoms with Crippen molar-refractivity contribution >= 4 is 33.1 Å². The van der Waals surface area contributed by atoms with Crippen LogP contribution < -0.4 is 0 Å². The predicted molar refractivity (Wildman–Crippen MR) is 129 cm³/mol. The Balaban J connectivity index is 2.08. The zero-order valence-corrected chi connectivity index (χ0v) is 20.7. The summed E-state index contributed by atoms with van der Waals surface area (Å²) in [6.45, 7) is 9.68. The van der Waals surface area contributed by atoms with Crippen LogP contribution in [0.25, 0.3) is 15.8 Å². The molecule has 1 unspecified atom stereocenters. The summed E-state index contributed by atoms with van der Waals surface area (Å²) < 4.78 is 12.1. The standard InChI is InChI=1S/C26H33NO4S/c1-14-11-12-16(18(13-14)30-6)21-20(23(25(28)29)31-26(3,4)5)15(2)27-24-22(21)17-9-7-8-10-19(17)32-24/h11-12,18,23H,7-10,13H2,1-6H3,(H,28,29)/t18?,23-/m0/s1. The minimum Gasteiger partial charge on any atom is -0.479 e. The Morgan fingerprint density at radius 1 is 1.22 bits per heavy atom. The van der Waals surface area contributed by atoms with Crippen LogP contribution in [-0.2, 0) is 27.1 Å². The van der Waals surface area contributed by atoms with E-state index >= 15 is 0 Å². The van der Waals surface area contributed by atoms with Crippen molar-refractivity contribution in [2.24, 2.45) is 0 Å². The molecule has 0 fully saturated rings. The molecule has 2 aromatic rings. The maximum absolute atomic E-state index is 12.5. The molecular formula is C26H33NO4S. The molecule has 2 heterocycles. The van der Waals surface area contributed by atoms with Crippen LogP contribution in [0.1, 0.15) is 80.3 Å². The van der Waals surface area contributed by atoms with Crippen LogP contribution in [0, 0.1) is 6.92 Å². The van der Waals surface area contributed by atoms with Crippen LogP contribution in [0.4, 0.5) is 0 Å². The summed E-state index contributed by atoms with van der Waals surface area (Å²) in [5.74, 6) is -0.994. The van der Waals surface area contributed by atoms with Crippen LogP contribution in [-0.4, -0.2) is 34.9 Å². The van der Waals surface area contributed by atoms with Gasteiger partial charge >= 0.3 is 5.97 Å². The summed E-state index contributed by atoms with van der Waals surface area (Å²) in [5, 5.41) is 11.4. The van der Waals surface area contributed by atoms with Crippen LogP contribution in [0.2, 0.25) is 0 Å². The van der Waals surface area contributed by atoms with Gasteiger partial charge in [0, 0.05) is 28.6 Å². The molecule has 2 aliphatic rings. The van der Waals surface area contributed by atoms with E-state index in [4.69, 9.17) is 14.5 Å². The molecule has 2 aromatic heterocycles. The van der Waals surface area contributed by atoms with E-state index in [0.29, 0.717) is 11.3 Å². The monoisotopic (exact) mass is 455 g/mol. The number of aliphatic carboxylic acids is 1. The highest BCUT2D eigenvalue weighted by Crippen LogP contribution is 2.46. The maximum Gasteiger partial charge on any atom is 0.337 e. The Bertz CT molecular complexity index is 1120. The van der Waals surface area contributed by atoms with E-state index < -0.39 is 17.7 Å². The van der Waals surface area contributed by atoms with Gasteiger partial charge in [0.05, 0.1) is 11.7 Å². The molecule has 0 spiro atoms. The lowest BCUT2D eigenvalue weighted by Gasteiger charge is -2.31. The third kappa shape index (κ3) is 4.28. The number of fused-ring (bicyclic) bond motifs is 3. The van der Waals surface area contributed by atoms with E-state index in [0.717, 1.165) is 47.0 Å². The van der Waals surface area contributed by atoms with E-state index in [1.165, 1.54) is 22.4 Å². The first-order valence-electron chi connectivity index (χ1n) is 11.4. The molecular weight excluding hydrogens is 422 g/mol. The number of allylic oxidation sites excluding steroid dienone is 2. The number of aryl methyl sites for hydroxylation is 3. The summed E-state index contributed by atoms with van der Waals surface area (Å²) in [4.78, 5) is 19.8. The van der Waals surface area contributed by atoms with E-state index in [2.05, 4.69) is 19.1 Å². The van der Waals surface area contributed by atoms with Crippen LogP contribution in [0.3, 0.4) is 0 Å². The van der Waals surface area contributed by atoms with Crippen molar-refractivity contribution < 1.29 is 19.4 Å². The molecule has 6 heteroatoms. The van der Waals surface area contributed by atoms with Gasteiger partial charge in [0.15, 0.2) is 6.10 Å². The van der Waals surface area contributed by atoms with Crippen molar-refractivity contribution in [1.29, 1.82) is 0 Å². The second-order valence-electron chi connectivity index (χ2n) is 9.89. The highest BCUT2D eigenvalue weighted by molar-refractivity contribution is 7.18. The topological polar surface area (TPSA) is 68.7 Å². The number of pyridine rings is 1. The first kappa shape index (κ1) is 23.1. The van der Waals surface area contributed by atoms with Gasteiger partial charge < -0.3 is 14.6 Å². The van der Waals surface area contributed by atoms with Gasteiger partial charge in [-0.1, -0.05) is 17.7 Å². The fourth-order valence-electron chi connectivity index (χ4n) is 4.89. The number of carboxylic acid groups (broad SMARTS) is 1. The molecule has 32 heavy (non-hydrogen) atoms. The maximum atomic E-state index is 12.5. The van der Waals surface area contributed by atoms with Gasteiger partial charge in [0.1, 0.15) is 4.83 Å². The summed E-state index contributed by atoms with van der Waals surface area (Å²) in [6.07, 6.45) is 8.18. The van der Waals surface area contributed by atoms with Crippen LogP contribution in [0.5, 0.6) is 0 Å². The Kier molecular flexibility index (Phi) is 6.31. The number of ether oxygens (including phenoxy) is 2. The Morgan fingerprint density at radius 2 is 1.94 bits per heavy atom. The number of thiophene rings is 1. The normalized spacial score (nSPS) is 20.0. The molecule has 0 saturated carbocycles. The van der Waals surface area contributed by atoms with Gasteiger partial charge in [-0.15, -0.1) is 11.3 Å². The van der Waals surface area contributed by atoms with E-state index in [-0.39, 0.29) is 6.10 Å². The van der Waals surface area contributed by atoms with Gasteiger partial charge in [-0.05, 0) is 83.4 Å². The molecule has 2 atom stereocenters. The first-order valence-corrected chi connectivity index (χ1v) is 12.2. The number of rotatable bonds is 5. The molecule has 172 valence electrons. The second kappa shape index (κ2) is 8.73. The van der Waals surface area contributed by atoms with Crippen LogP contribution in [0.15, 0.2) is 17.7 Å². The lowest BCUT2D eigenvalue weighted by Crippen LogP contribution is -2.29. The van der Waals surface area contributed by atoms with Gasteiger partial charge in [-0.3, -0.25) is 0 Å². The molecule has 0 radical (unpaired) electrons. The number of carbonyl (C=O) groups is 1. The molecule has 1 N–H and O–H groups in total. The van der Waals surface area contributed by atoms with Crippen molar-refractivity contribution in [2.75, 3.05) is 7.11 Å². The number of hydrogen-bond donors (Lipinski definition) is 1. The summed E-state index contributed by atoms with van der Waals surface area (Å²) >= 11 is 1.76. The highest BCUT2D eigenvalue weighted by atomic mass is 32.1. The van der Waals surface area contributed by atoms with E-state index in [1.807, 2.05) is 27.7 Å². The van der Waals surface area contributed by atoms with Gasteiger partial charge in [-0.25, -0.2) is 9.78 Å². The average Bonchev–Trinajstić information content (AvgIpc) is 3.08. The Hall–Kier alpha value is -2.02. The fraction of sp³-hybridized carbons (Fsp3) is 0.538. The molecule has 0 aliphatic heterocycles. The summed E-state index contributed by atoms with van der Waals surface area (Å²) in [6, 6.07) is 0. The number of nitrogens with zero attached hydrogens (tertiary/aromatic N) is 1. The Morgan fingerprint density at radius 3 is 2.59 bits per heavy atom. The predicted octanol–water partition coefficient (Wildman–Crippen LogP) is 6.17. The zero-order valence-electron chi connectivity index (χ0n) is 19.9. The fourth-order valence-corrected chi connectivity index (χ4v) is 6.20. The summed E-state index contributed by atoms with van der Waals surface area (Å²) in [5.41, 5.74) is 5.32. The summed E-state index contributed by atoms with van der Waals surface area (Å²) in [7, 11) is 1.73. The largest absolute Gasteiger partial charge is 0.479 e. The van der Waals surface area contributed by atoms with Crippen molar-refractivity contribution in [3.05, 3.63) is 45.0 Å². The Labute approximate surface area is 194 Å². The molecule has 0 saturated heterocycles. The lowest BCUT2D eigenvalue weighted by atomic mass is 9.83. The molecule has 0 bridgehead atoms. The average molecular weight is 456 g/mol. The van der Waals surface area contributed by atoms with E-state index in [9.17, 15) is 9.90 Å². The number of aromatic nitrogens is 1. The van der Waals surface area contributed by atoms with Crippen molar-refractivity contribution in [3.8, 4) is 0 Å². The first-order chi connectivity index (χ1) is 15.1. The lowest BCUT2D eigenvalue weighted by molar-refractivity contribution is -0.160. The van der Waals surface area contributed by atoms with Gasteiger partial charge in [-0.2, -0.15) is 0 Å². The van der Waals surface area contributed by atoms with Gasteiger partial charge in [0.25, 0.3) is 0 Å². The van der Waals surface area contributed by atoms with Crippen molar-refractivity contribution in [3.63, 3.8) is 0 Å². The van der Waals surface area contributed by atoms with Crippen LogP contribution >= 0.6 is 11.3 Å². The van der Waals surface area contributed by atoms with Crippen molar-refractivity contribution in [2.45, 2.75) is 84.5 Å². The number of carboxylic acids is 1.